The second kappa shape index (κ2) is 5.79. The van der Waals surface area contributed by atoms with Crippen LogP contribution in [-0.4, -0.2) is 23.0 Å². The minimum absolute atomic E-state index is 0.152. The average Bonchev–Trinajstić information content (AvgIpc) is 3.05. The lowest BCUT2D eigenvalue weighted by Gasteiger charge is -2.11. The molecule has 2 aromatic heterocycles. The number of H-pyrrole nitrogens is 1. The number of rotatable bonds is 5. The summed E-state index contributed by atoms with van der Waals surface area (Å²) in [4.78, 5) is 18.8. The molecule has 0 fully saturated rings. The number of hydrogen-bond donors (Lipinski definition) is 2. The van der Waals surface area contributed by atoms with Gasteiger partial charge in [0.15, 0.2) is 0 Å². The van der Waals surface area contributed by atoms with Crippen molar-refractivity contribution in [2.24, 2.45) is 0 Å². The van der Waals surface area contributed by atoms with Gasteiger partial charge in [0.05, 0.1) is 18.7 Å². The molecule has 5 nitrogen and oxygen atoms in total. The van der Waals surface area contributed by atoms with Gasteiger partial charge >= 0.3 is 5.97 Å². The summed E-state index contributed by atoms with van der Waals surface area (Å²) in [6, 6.07) is 1.87. The summed E-state index contributed by atoms with van der Waals surface area (Å²) in [6.07, 6.45) is 3.52. The fourth-order valence-corrected chi connectivity index (χ4v) is 2.31. The van der Waals surface area contributed by atoms with Crippen molar-refractivity contribution in [3.8, 4) is 0 Å². The van der Waals surface area contributed by atoms with E-state index in [1.807, 2.05) is 12.3 Å². The fraction of sp³-hybridized carbons (Fsp3) is 0.333. The fourth-order valence-electron chi connectivity index (χ4n) is 1.64. The van der Waals surface area contributed by atoms with Gasteiger partial charge < -0.3 is 15.0 Å². The molecule has 0 aliphatic carbocycles. The lowest BCUT2D eigenvalue weighted by Crippen LogP contribution is -2.19. The van der Waals surface area contributed by atoms with E-state index in [1.54, 1.807) is 29.8 Å². The Hall–Kier alpha value is -1.66. The average molecular weight is 265 g/mol. The quantitative estimate of drug-likeness (QED) is 0.813. The smallest absolute Gasteiger partial charge is 0.339 e. The summed E-state index contributed by atoms with van der Waals surface area (Å²) in [5.74, 6) is -0.324. The largest absolute Gasteiger partial charge is 0.465 e. The molecule has 0 radical (unpaired) electrons. The molecule has 0 aromatic carbocycles. The zero-order valence-corrected chi connectivity index (χ0v) is 11.1. The molecule has 0 saturated heterocycles. The summed E-state index contributed by atoms with van der Waals surface area (Å²) in [7, 11) is 1.38. The van der Waals surface area contributed by atoms with Crippen LogP contribution in [0.4, 0.5) is 0 Å². The van der Waals surface area contributed by atoms with Gasteiger partial charge in [-0.15, -0.1) is 11.3 Å². The summed E-state index contributed by atoms with van der Waals surface area (Å²) < 4.78 is 4.72. The third-order valence-electron chi connectivity index (χ3n) is 2.64. The lowest BCUT2D eigenvalue weighted by atomic mass is 10.2. The van der Waals surface area contributed by atoms with E-state index in [1.165, 1.54) is 7.11 Å². The van der Waals surface area contributed by atoms with Crippen molar-refractivity contribution in [3.05, 3.63) is 40.1 Å². The van der Waals surface area contributed by atoms with E-state index in [9.17, 15) is 4.79 Å². The molecule has 1 atom stereocenters. The second-order valence-electron chi connectivity index (χ2n) is 3.83. The van der Waals surface area contributed by atoms with E-state index in [4.69, 9.17) is 4.74 Å². The first-order chi connectivity index (χ1) is 8.72. The summed E-state index contributed by atoms with van der Waals surface area (Å²) in [5.41, 5.74) is 1.39. The molecular formula is C12H15N3O2S. The van der Waals surface area contributed by atoms with E-state index >= 15 is 0 Å². The third-order valence-corrected chi connectivity index (χ3v) is 3.60. The Labute approximate surface area is 109 Å². The number of nitrogens with zero attached hydrogens (tertiary/aromatic N) is 1. The molecule has 18 heavy (non-hydrogen) atoms. The van der Waals surface area contributed by atoms with Crippen LogP contribution in [-0.2, 0) is 11.3 Å². The van der Waals surface area contributed by atoms with Gasteiger partial charge in [-0.3, -0.25) is 0 Å². The number of esters is 1. The molecule has 0 aliphatic heterocycles. The maximum absolute atomic E-state index is 11.5. The van der Waals surface area contributed by atoms with E-state index in [0.717, 1.165) is 10.7 Å². The van der Waals surface area contributed by atoms with E-state index < -0.39 is 0 Å². The zero-order chi connectivity index (χ0) is 13.0. The van der Waals surface area contributed by atoms with Gasteiger partial charge in [0.1, 0.15) is 5.01 Å². The van der Waals surface area contributed by atoms with Crippen molar-refractivity contribution < 1.29 is 9.53 Å². The highest BCUT2D eigenvalue weighted by atomic mass is 32.1. The van der Waals surface area contributed by atoms with Crippen molar-refractivity contribution in [2.45, 2.75) is 19.5 Å². The van der Waals surface area contributed by atoms with Crippen molar-refractivity contribution in [3.63, 3.8) is 0 Å². The van der Waals surface area contributed by atoms with Crippen LogP contribution < -0.4 is 5.32 Å². The number of aromatic nitrogens is 2. The van der Waals surface area contributed by atoms with E-state index in [-0.39, 0.29) is 12.0 Å². The van der Waals surface area contributed by atoms with E-state index in [0.29, 0.717) is 12.1 Å². The van der Waals surface area contributed by atoms with Gasteiger partial charge in [0.25, 0.3) is 0 Å². The molecule has 2 aromatic rings. The number of ether oxygens (including phenoxy) is 1. The molecule has 0 spiro atoms. The SMILES string of the molecule is COC(=O)c1cc[nH]c1CNC(C)c1nccs1. The highest BCUT2D eigenvalue weighted by molar-refractivity contribution is 7.09. The van der Waals surface area contributed by atoms with Crippen LogP contribution in [0.15, 0.2) is 23.8 Å². The molecule has 2 heterocycles. The van der Waals surface area contributed by atoms with Crippen LogP contribution in [0.5, 0.6) is 0 Å². The van der Waals surface area contributed by atoms with Crippen molar-refractivity contribution >= 4 is 17.3 Å². The first-order valence-corrected chi connectivity index (χ1v) is 6.47. The number of aromatic amines is 1. The van der Waals surface area contributed by atoms with Crippen LogP contribution >= 0.6 is 11.3 Å². The van der Waals surface area contributed by atoms with Gasteiger partial charge in [0.2, 0.25) is 0 Å². The lowest BCUT2D eigenvalue weighted by molar-refractivity contribution is 0.0599. The predicted octanol–water partition coefficient (Wildman–Crippen LogP) is 2.11. The molecule has 2 rings (SSSR count). The Balaban J connectivity index is 1.98. The van der Waals surface area contributed by atoms with Gasteiger partial charge in [-0.2, -0.15) is 0 Å². The van der Waals surface area contributed by atoms with Gasteiger partial charge in [0, 0.05) is 30.0 Å². The van der Waals surface area contributed by atoms with Gasteiger partial charge in [-0.05, 0) is 13.0 Å². The maximum Gasteiger partial charge on any atom is 0.339 e. The number of carbonyl (C=O) groups is 1. The zero-order valence-electron chi connectivity index (χ0n) is 10.3. The molecule has 0 saturated carbocycles. The Kier molecular flexibility index (Phi) is 4.11. The van der Waals surface area contributed by atoms with Crippen LogP contribution in [0.2, 0.25) is 0 Å². The summed E-state index contributed by atoms with van der Waals surface area (Å²) in [5, 5.41) is 6.29. The number of hydrogen-bond acceptors (Lipinski definition) is 5. The number of carbonyl (C=O) groups excluding carboxylic acids is 1. The van der Waals surface area contributed by atoms with Crippen LogP contribution in [0.25, 0.3) is 0 Å². The van der Waals surface area contributed by atoms with Gasteiger partial charge in [-0.1, -0.05) is 0 Å². The number of nitrogens with one attached hydrogen (secondary N) is 2. The van der Waals surface area contributed by atoms with Crippen LogP contribution in [0, 0.1) is 0 Å². The summed E-state index contributed by atoms with van der Waals surface area (Å²) in [6.45, 7) is 2.61. The Morgan fingerprint density at radius 3 is 3.17 bits per heavy atom. The molecule has 0 amide bonds. The van der Waals surface area contributed by atoms with Crippen molar-refractivity contribution in [1.29, 1.82) is 0 Å². The molecule has 0 bridgehead atoms. The van der Waals surface area contributed by atoms with Gasteiger partial charge in [-0.25, -0.2) is 9.78 Å². The Morgan fingerprint density at radius 2 is 2.50 bits per heavy atom. The molecule has 2 N–H and O–H groups in total. The molecule has 6 heteroatoms. The predicted molar refractivity (Wildman–Crippen MR) is 69.5 cm³/mol. The van der Waals surface area contributed by atoms with Crippen LogP contribution in [0.3, 0.4) is 0 Å². The Morgan fingerprint density at radius 1 is 1.67 bits per heavy atom. The minimum atomic E-state index is -0.324. The molecule has 0 aliphatic rings. The summed E-state index contributed by atoms with van der Waals surface area (Å²) >= 11 is 1.61. The normalized spacial score (nSPS) is 12.3. The van der Waals surface area contributed by atoms with Crippen LogP contribution in [0.1, 0.15) is 34.0 Å². The van der Waals surface area contributed by atoms with Crippen molar-refractivity contribution in [2.75, 3.05) is 7.11 Å². The highest BCUT2D eigenvalue weighted by Gasteiger charge is 2.14. The first kappa shape index (κ1) is 12.8. The highest BCUT2D eigenvalue weighted by Crippen LogP contribution is 2.16. The molecule has 96 valence electrons. The monoisotopic (exact) mass is 265 g/mol. The number of thiazole rings is 1. The minimum Gasteiger partial charge on any atom is -0.465 e. The standard InChI is InChI=1S/C12H15N3O2S/c1-8(11-14-5-6-18-11)15-7-10-9(3-4-13-10)12(16)17-2/h3-6,8,13,15H,7H2,1-2H3. The van der Waals surface area contributed by atoms with Crippen molar-refractivity contribution in [1.82, 2.24) is 15.3 Å². The van der Waals surface area contributed by atoms with E-state index in [2.05, 4.69) is 15.3 Å². The maximum atomic E-state index is 11.5. The topological polar surface area (TPSA) is 67.0 Å². The second-order valence-corrected chi connectivity index (χ2v) is 4.76. The molecular weight excluding hydrogens is 250 g/mol. The number of methoxy groups -OCH3 is 1. The first-order valence-electron chi connectivity index (χ1n) is 5.59. The third kappa shape index (κ3) is 2.77. The Bertz CT molecular complexity index is 507. The molecule has 1 unspecified atom stereocenters.